The van der Waals surface area contributed by atoms with E-state index in [4.69, 9.17) is 4.43 Å². The van der Waals surface area contributed by atoms with Crippen molar-refractivity contribution >= 4 is 25.0 Å². The maximum atomic E-state index is 12.1. The van der Waals surface area contributed by atoms with Gasteiger partial charge in [0, 0.05) is 5.92 Å². The Balaban J connectivity index is 1.77. The number of benzene rings is 2. The Morgan fingerprint density at radius 3 is 2.09 bits per heavy atom. The summed E-state index contributed by atoms with van der Waals surface area (Å²) in [6.45, 7) is 12.1. The van der Waals surface area contributed by atoms with Gasteiger partial charge in [-0.3, -0.25) is 0 Å². The molecule has 0 N–H and O–H groups in total. The maximum Gasteiger partial charge on any atom is 0.261 e. The Morgan fingerprint density at radius 1 is 1.03 bits per heavy atom. The minimum atomic E-state index is -2.58. The van der Waals surface area contributed by atoms with E-state index in [-0.39, 0.29) is 22.3 Å². The predicted octanol–water partition coefficient (Wildman–Crippen LogP) is 5.76. The van der Waals surface area contributed by atoms with Crippen LogP contribution in [-0.2, 0) is 9.22 Å². The third kappa shape index (κ3) is 3.84. The average molecular weight is 447 g/mol. The largest absolute Gasteiger partial charge is 0.403 e. The summed E-state index contributed by atoms with van der Waals surface area (Å²) < 4.78 is 7.22. The van der Waals surface area contributed by atoms with Crippen LogP contribution in [0.5, 0.6) is 0 Å². The van der Waals surface area contributed by atoms with E-state index in [0.717, 1.165) is 0 Å². The first-order valence-corrected chi connectivity index (χ1v) is 14.1. The molecule has 0 aromatic heterocycles. The van der Waals surface area contributed by atoms with Crippen LogP contribution in [0, 0.1) is 23.2 Å². The zero-order chi connectivity index (χ0) is 23.0. The van der Waals surface area contributed by atoms with Crippen LogP contribution in [0.4, 0.5) is 0 Å². The molecule has 32 heavy (non-hydrogen) atoms. The zero-order valence-corrected chi connectivity index (χ0v) is 21.3. The number of hydrogen-bond acceptors (Lipinski definition) is 2. The highest BCUT2D eigenvalue weighted by Crippen LogP contribution is 2.54. The number of hydrogen-bond donors (Lipinski definition) is 0. The van der Waals surface area contributed by atoms with Gasteiger partial charge in [0.1, 0.15) is 6.29 Å². The van der Waals surface area contributed by atoms with E-state index >= 15 is 0 Å². The van der Waals surface area contributed by atoms with Gasteiger partial charge >= 0.3 is 0 Å². The van der Waals surface area contributed by atoms with Crippen molar-refractivity contribution in [1.82, 2.24) is 0 Å². The molecule has 0 heterocycles. The summed E-state index contributed by atoms with van der Waals surface area (Å²) in [5.41, 5.74) is 1.44. The molecule has 170 valence electrons. The normalized spacial score (nSPS) is 28.2. The summed E-state index contributed by atoms with van der Waals surface area (Å²) in [6, 6.07) is 21.6. The fraction of sp³-hybridized carbons (Fsp3) is 0.483. The Morgan fingerprint density at radius 2 is 1.59 bits per heavy atom. The highest BCUT2D eigenvalue weighted by atomic mass is 28.4. The maximum absolute atomic E-state index is 12.1. The lowest BCUT2D eigenvalue weighted by Gasteiger charge is -2.45. The van der Waals surface area contributed by atoms with Gasteiger partial charge < -0.3 is 9.22 Å². The van der Waals surface area contributed by atoms with Crippen LogP contribution < -0.4 is 10.4 Å². The minimum Gasteiger partial charge on any atom is -0.403 e. The molecule has 1 fully saturated rings. The monoisotopic (exact) mass is 446 g/mol. The molecule has 2 nitrogen and oxygen atoms in total. The number of allylic oxidation sites excluding steroid dienone is 1. The van der Waals surface area contributed by atoms with E-state index in [0.29, 0.717) is 12.5 Å². The van der Waals surface area contributed by atoms with Gasteiger partial charge in [0.05, 0.1) is 6.61 Å². The van der Waals surface area contributed by atoms with Crippen LogP contribution in [0.3, 0.4) is 0 Å². The van der Waals surface area contributed by atoms with Crippen molar-refractivity contribution in [3.05, 3.63) is 72.3 Å². The average Bonchev–Trinajstić information content (AvgIpc) is 3.16. The molecule has 0 bridgehead atoms. The van der Waals surface area contributed by atoms with Crippen molar-refractivity contribution in [3.63, 3.8) is 0 Å². The van der Waals surface area contributed by atoms with E-state index in [9.17, 15) is 4.79 Å². The molecule has 2 aromatic carbocycles. The van der Waals surface area contributed by atoms with Gasteiger partial charge in [-0.05, 0) is 51.1 Å². The van der Waals surface area contributed by atoms with E-state index in [2.05, 4.69) is 101 Å². The lowest BCUT2D eigenvalue weighted by molar-refractivity contribution is -0.115. The summed E-state index contributed by atoms with van der Waals surface area (Å²) in [5.74, 6) is 0.818. The van der Waals surface area contributed by atoms with E-state index < -0.39 is 8.32 Å². The van der Waals surface area contributed by atoms with Gasteiger partial charge in [0.15, 0.2) is 0 Å². The topological polar surface area (TPSA) is 26.3 Å². The van der Waals surface area contributed by atoms with Crippen LogP contribution in [0.25, 0.3) is 0 Å². The number of aldehydes is 1. The van der Waals surface area contributed by atoms with Gasteiger partial charge in [-0.25, -0.2) is 0 Å². The van der Waals surface area contributed by atoms with Crippen molar-refractivity contribution in [1.29, 1.82) is 0 Å². The number of carbonyl (C=O) groups is 1. The minimum absolute atomic E-state index is 0.0436. The quantitative estimate of drug-likeness (QED) is 0.320. The standard InChI is InChI=1S/C29H38O2Si/c1-22-23(19-29(5)18-12-17-27(29)26(22)20-30)21-31-32(28(2,3)4,24-13-8-6-9-14-24)25-15-10-7-11-16-25/h6-11,13-16,19-20,22,26-27H,12,17-18,21H2,1-5H3/t22-,26-,27+,29+/m1/s1. The molecular weight excluding hydrogens is 408 g/mol. The second kappa shape index (κ2) is 8.76. The molecule has 4 atom stereocenters. The third-order valence-corrected chi connectivity index (χ3v) is 13.2. The van der Waals surface area contributed by atoms with Crippen LogP contribution in [0.15, 0.2) is 72.3 Å². The fourth-order valence-corrected chi connectivity index (χ4v) is 11.1. The van der Waals surface area contributed by atoms with Gasteiger partial charge in [0.25, 0.3) is 8.32 Å². The summed E-state index contributed by atoms with van der Waals surface area (Å²) in [7, 11) is -2.58. The van der Waals surface area contributed by atoms with Crippen molar-refractivity contribution in [2.45, 2.75) is 58.9 Å². The molecular formula is C29H38O2Si. The number of carbonyl (C=O) groups excluding carboxylic acids is 1. The zero-order valence-electron chi connectivity index (χ0n) is 20.3. The summed E-state index contributed by atoms with van der Waals surface area (Å²) in [6.07, 6.45) is 7.29. The van der Waals surface area contributed by atoms with Crippen molar-refractivity contribution in [2.24, 2.45) is 23.2 Å². The van der Waals surface area contributed by atoms with E-state index in [1.54, 1.807) is 0 Å². The Bertz CT molecular complexity index is 920. The fourth-order valence-electron chi connectivity index (χ4n) is 6.52. The van der Waals surface area contributed by atoms with Crippen molar-refractivity contribution in [2.75, 3.05) is 6.61 Å². The molecule has 0 saturated heterocycles. The van der Waals surface area contributed by atoms with E-state index in [1.165, 1.54) is 41.5 Å². The molecule has 2 aliphatic carbocycles. The molecule has 0 aliphatic heterocycles. The van der Waals surface area contributed by atoms with E-state index in [1.807, 2.05) is 0 Å². The Labute approximate surface area is 195 Å². The SMILES string of the molecule is C[C@@H]1C(CO[Si](c2ccccc2)(c2ccccc2)C(C)(C)C)=C[C@]2(C)CCC[C@H]2[C@@H]1C=O. The molecule has 0 radical (unpaired) electrons. The molecule has 3 heteroatoms. The van der Waals surface area contributed by atoms with Gasteiger partial charge in [0.2, 0.25) is 0 Å². The number of rotatable bonds is 6. The third-order valence-electron chi connectivity index (χ3n) is 8.25. The lowest BCUT2D eigenvalue weighted by atomic mass is 9.63. The first kappa shape index (κ1) is 23.2. The Kier molecular flexibility index (Phi) is 6.35. The van der Waals surface area contributed by atoms with Crippen molar-refractivity contribution < 1.29 is 9.22 Å². The predicted molar refractivity (Wildman–Crippen MR) is 136 cm³/mol. The Hall–Kier alpha value is -1.97. The first-order valence-electron chi connectivity index (χ1n) is 12.1. The second-order valence-electron chi connectivity index (χ2n) is 11.2. The molecule has 4 rings (SSSR count). The lowest BCUT2D eigenvalue weighted by Crippen LogP contribution is -2.66. The molecule has 0 amide bonds. The second-order valence-corrected chi connectivity index (χ2v) is 15.5. The highest BCUT2D eigenvalue weighted by Gasteiger charge is 2.52. The molecule has 0 unspecified atom stereocenters. The van der Waals surface area contributed by atoms with Crippen LogP contribution >= 0.6 is 0 Å². The first-order chi connectivity index (χ1) is 15.2. The van der Waals surface area contributed by atoms with Crippen molar-refractivity contribution in [3.8, 4) is 0 Å². The van der Waals surface area contributed by atoms with Gasteiger partial charge in [-0.15, -0.1) is 0 Å². The summed E-state index contributed by atoms with van der Waals surface area (Å²) >= 11 is 0. The molecule has 0 spiro atoms. The van der Waals surface area contributed by atoms with Crippen LogP contribution in [0.1, 0.15) is 53.9 Å². The molecule has 2 aliphatic rings. The summed E-state index contributed by atoms with van der Waals surface area (Å²) in [4.78, 5) is 12.1. The van der Waals surface area contributed by atoms with Crippen LogP contribution in [-0.4, -0.2) is 21.2 Å². The van der Waals surface area contributed by atoms with Gasteiger partial charge in [-0.2, -0.15) is 0 Å². The molecule has 2 aromatic rings. The highest BCUT2D eigenvalue weighted by molar-refractivity contribution is 6.99. The molecule has 1 saturated carbocycles. The van der Waals surface area contributed by atoms with Gasteiger partial charge in [-0.1, -0.05) is 108 Å². The summed E-state index contributed by atoms with van der Waals surface area (Å²) in [5, 5.41) is 2.57. The number of fused-ring (bicyclic) bond motifs is 1. The smallest absolute Gasteiger partial charge is 0.261 e. The van der Waals surface area contributed by atoms with Crippen LogP contribution in [0.2, 0.25) is 5.04 Å².